The number of hydrogen-bond acceptors (Lipinski definition) is 6. The highest BCUT2D eigenvalue weighted by Crippen LogP contribution is 2.39. The number of sulfonamides is 1. The predicted molar refractivity (Wildman–Crippen MR) is 102 cm³/mol. The van der Waals surface area contributed by atoms with E-state index in [9.17, 15) is 8.42 Å². The molecule has 0 aliphatic carbocycles. The molecule has 9 nitrogen and oxygen atoms in total. The average molecular weight is 404 g/mol. The fourth-order valence-electron chi connectivity index (χ4n) is 3.98. The zero-order chi connectivity index (χ0) is 20.1. The van der Waals surface area contributed by atoms with Crippen LogP contribution < -0.4 is 0 Å². The Balaban J connectivity index is 1.64. The van der Waals surface area contributed by atoms with Gasteiger partial charge in [-0.25, -0.2) is 17.9 Å². The molecular formula is C18H24N6O3S. The molecule has 3 aromatic heterocycles. The number of pyridine rings is 1. The zero-order valence-electron chi connectivity index (χ0n) is 16.5. The first kappa shape index (κ1) is 19.0. The highest BCUT2D eigenvalue weighted by atomic mass is 32.2. The van der Waals surface area contributed by atoms with Crippen LogP contribution in [0.5, 0.6) is 0 Å². The zero-order valence-corrected chi connectivity index (χ0v) is 17.3. The van der Waals surface area contributed by atoms with E-state index in [1.165, 1.54) is 16.8 Å². The van der Waals surface area contributed by atoms with Crippen molar-refractivity contribution in [1.82, 2.24) is 28.7 Å². The molecule has 4 heterocycles. The van der Waals surface area contributed by atoms with Gasteiger partial charge in [0.2, 0.25) is 10.0 Å². The summed E-state index contributed by atoms with van der Waals surface area (Å²) in [6.07, 6.45) is 6.00. The van der Waals surface area contributed by atoms with Crippen molar-refractivity contribution in [2.45, 2.75) is 37.2 Å². The summed E-state index contributed by atoms with van der Waals surface area (Å²) in [6, 6.07) is 1.98. The van der Waals surface area contributed by atoms with Crippen LogP contribution in [0.15, 0.2) is 29.7 Å². The second-order valence-corrected chi connectivity index (χ2v) is 9.16. The number of nitrogens with zero attached hydrogens (tertiary/aromatic N) is 6. The molecule has 0 unspecified atom stereocenters. The van der Waals surface area contributed by atoms with Crippen LogP contribution in [0.25, 0.3) is 5.65 Å². The van der Waals surface area contributed by atoms with Gasteiger partial charge < -0.3 is 4.74 Å². The van der Waals surface area contributed by atoms with E-state index in [0.29, 0.717) is 31.6 Å². The maximum Gasteiger partial charge on any atom is 0.246 e. The Bertz CT molecular complexity index is 1130. The van der Waals surface area contributed by atoms with E-state index >= 15 is 0 Å². The van der Waals surface area contributed by atoms with E-state index in [1.54, 1.807) is 30.3 Å². The number of fused-ring (bicyclic) bond motifs is 1. The fourth-order valence-corrected chi connectivity index (χ4v) is 5.60. The third-order valence-electron chi connectivity index (χ3n) is 5.84. The van der Waals surface area contributed by atoms with Crippen LogP contribution in [0.3, 0.4) is 0 Å². The molecular weight excluding hydrogens is 380 g/mol. The minimum Gasteiger partial charge on any atom is -0.373 e. The molecule has 0 atom stereocenters. The molecule has 0 spiro atoms. The number of methoxy groups -OCH3 is 1. The van der Waals surface area contributed by atoms with Crippen molar-refractivity contribution >= 4 is 15.7 Å². The number of piperidine rings is 1. The van der Waals surface area contributed by atoms with Gasteiger partial charge in [0.1, 0.15) is 11.2 Å². The number of hydrogen-bond donors (Lipinski definition) is 0. The summed E-state index contributed by atoms with van der Waals surface area (Å²) in [6.45, 7) is 4.53. The molecule has 1 fully saturated rings. The highest BCUT2D eigenvalue weighted by molar-refractivity contribution is 7.89. The molecule has 1 aliphatic heterocycles. The van der Waals surface area contributed by atoms with E-state index < -0.39 is 15.6 Å². The van der Waals surface area contributed by atoms with Crippen LogP contribution in [0.2, 0.25) is 0 Å². The summed E-state index contributed by atoms with van der Waals surface area (Å²) in [4.78, 5) is 4.48. The fraction of sp³-hybridized carbons (Fsp3) is 0.500. The molecule has 4 rings (SSSR count). The summed E-state index contributed by atoms with van der Waals surface area (Å²) in [5, 5.41) is 8.30. The minimum absolute atomic E-state index is 0.264. The Morgan fingerprint density at radius 1 is 1.18 bits per heavy atom. The Labute approximate surface area is 164 Å². The van der Waals surface area contributed by atoms with Crippen molar-refractivity contribution in [3.05, 3.63) is 41.6 Å². The quantitative estimate of drug-likeness (QED) is 0.652. The molecule has 3 aromatic rings. The summed E-state index contributed by atoms with van der Waals surface area (Å²) < 4.78 is 36.9. The first-order valence-corrected chi connectivity index (χ1v) is 10.6. The monoisotopic (exact) mass is 404 g/mol. The lowest BCUT2D eigenvalue weighted by atomic mass is 9.83. The van der Waals surface area contributed by atoms with E-state index in [1.807, 2.05) is 19.2 Å². The number of aromatic nitrogens is 5. The molecule has 1 saturated heterocycles. The van der Waals surface area contributed by atoms with Gasteiger partial charge in [0, 0.05) is 39.0 Å². The Hall–Kier alpha value is -2.30. The molecule has 0 amide bonds. The molecule has 0 N–H and O–H groups in total. The third-order valence-corrected chi connectivity index (χ3v) is 7.84. The topological polar surface area (TPSA) is 94.6 Å². The van der Waals surface area contributed by atoms with Crippen LogP contribution in [0.4, 0.5) is 0 Å². The van der Waals surface area contributed by atoms with E-state index in [-0.39, 0.29) is 4.90 Å². The van der Waals surface area contributed by atoms with Gasteiger partial charge >= 0.3 is 0 Å². The standard InChI is InChI=1S/C18H24N6O3S/c1-13-9-17-19-12-21-24(17)11-15(13)18(27-4)5-7-23(8-6-18)28(25,26)16-10-20-22(3)14(16)2/h9-12H,5-8H2,1-4H3. The molecule has 10 heteroatoms. The van der Waals surface area contributed by atoms with E-state index in [2.05, 4.69) is 15.2 Å². The third kappa shape index (κ3) is 2.83. The van der Waals surface area contributed by atoms with Crippen molar-refractivity contribution in [2.24, 2.45) is 7.05 Å². The van der Waals surface area contributed by atoms with Crippen molar-refractivity contribution in [3.63, 3.8) is 0 Å². The van der Waals surface area contributed by atoms with Gasteiger partial charge in [0.15, 0.2) is 5.65 Å². The smallest absolute Gasteiger partial charge is 0.246 e. The lowest BCUT2D eigenvalue weighted by Crippen LogP contribution is -2.46. The highest BCUT2D eigenvalue weighted by Gasteiger charge is 2.41. The minimum atomic E-state index is -3.58. The summed E-state index contributed by atoms with van der Waals surface area (Å²) >= 11 is 0. The lowest BCUT2D eigenvalue weighted by molar-refractivity contribution is -0.0515. The Kier molecular flexibility index (Phi) is 4.52. The molecule has 150 valence electrons. The summed E-state index contributed by atoms with van der Waals surface area (Å²) in [7, 11) is -0.161. The maximum atomic E-state index is 13.1. The predicted octanol–water partition coefficient (Wildman–Crippen LogP) is 1.41. The largest absolute Gasteiger partial charge is 0.373 e. The average Bonchev–Trinajstić information content (AvgIpc) is 3.27. The number of aryl methyl sites for hydroxylation is 2. The van der Waals surface area contributed by atoms with Crippen LogP contribution in [-0.4, -0.2) is 57.3 Å². The molecule has 0 saturated carbocycles. The van der Waals surface area contributed by atoms with Gasteiger partial charge in [-0.2, -0.15) is 14.5 Å². The number of ether oxygens (including phenoxy) is 1. The normalized spacial score (nSPS) is 18.0. The van der Waals surface area contributed by atoms with E-state index in [4.69, 9.17) is 4.74 Å². The molecule has 1 aliphatic rings. The first-order valence-electron chi connectivity index (χ1n) is 9.13. The Morgan fingerprint density at radius 3 is 2.50 bits per heavy atom. The lowest BCUT2D eigenvalue weighted by Gasteiger charge is -2.41. The van der Waals surface area contributed by atoms with Crippen molar-refractivity contribution in [1.29, 1.82) is 0 Å². The molecule has 0 aromatic carbocycles. The van der Waals surface area contributed by atoms with Crippen molar-refractivity contribution in [2.75, 3.05) is 20.2 Å². The van der Waals surface area contributed by atoms with Gasteiger partial charge in [-0.3, -0.25) is 4.68 Å². The van der Waals surface area contributed by atoms with E-state index in [0.717, 1.165) is 16.8 Å². The number of rotatable bonds is 4. The summed E-state index contributed by atoms with van der Waals surface area (Å²) in [5.41, 5.74) is 2.93. The van der Waals surface area contributed by atoms with Crippen molar-refractivity contribution < 1.29 is 13.2 Å². The van der Waals surface area contributed by atoms with Crippen LogP contribution in [0, 0.1) is 13.8 Å². The van der Waals surface area contributed by atoms with Gasteiger partial charge in [-0.05, 0) is 38.3 Å². The van der Waals surface area contributed by atoms with Gasteiger partial charge in [-0.1, -0.05) is 0 Å². The maximum absolute atomic E-state index is 13.1. The first-order chi connectivity index (χ1) is 13.3. The van der Waals surface area contributed by atoms with Gasteiger partial charge in [-0.15, -0.1) is 0 Å². The SMILES string of the molecule is COC1(c2cn3ncnc3cc2C)CCN(S(=O)(=O)c2cnn(C)c2C)CC1. The molecule has 0 radical (unpaired) electrons. The van der Waals surface area contributed by atoms with Crippen molar-refractivity contribution in [3.8, 4) is 0 Å². The van der Waals surface area contributed by atoms with Gasteiger partial charge in [0.05, 0.1) is 17.5 Å². The Morgan fingerprint density at radius 2 is 1.89 bits per heavy atom. The molecule has 0 bridgehead atoms. The van der Waals surface area contributed by atoms with Crippen LogP contribution >= 0.6 is 0 Å². The molecule has 28 heavy (non-hydrogen) atoms. The summed E-state index contributed by atoms with van der Waals surface area (Å²) in [5.74, 6) is 0. The second-order valence-electron chi connectivity index (χ2n) is 7.25. The second kappa shape index (κ2) is 6.64. The van der Waals surface area contributed by atoms with Crippen LogP contribution in [0.1, 0.15) is 29.7 Å². The van der Waals surface area contributed by atoms with Crippen LogP contribution in [-0.2, 0) is 27.4 Å². The van der Waals surface area contributed by atoms with Gasteiger partial charge in [0.25, 0.3) is 0 Å².